The molecule has 0 aromatic rings. The van der Waals surface area contributed by atoms with E-state index in [1.807, 2.05) is 13.2 Å². The van der Waals surface area contributed by atoms with Crippen LogP contribution < -0.4 is 0 Å². The molecule has 11 heavy (non-hydrogen) atoms. The Bertz CT molecular complexity index is 132. The third kappa shape index (κ3) is 3.87. The van der Waals surface area contributed by atoms with E-state index >= 15 is 0 Å². The topological polar surface area (TPSA) is 20.3 Å². The number of alkyl halides is 1. The van der Waals surface area contributed by atoms with Gasteiger partial charge in [0.1, 0.15) is 0 Å². The molecule has 0 spiro atoms. The molecule has 0 aliphatic heterocycles. The van der Waals surface area contributed by atoms with Crippen LogP contribution in [0, 0.1) is 0 Å². The Balaban J connectivity index is 3.80. The Hall–Kier alpha value is 0.110. The van der Waals surface area contributed by atoms with Crippen molar-refractivity contribution in [2.75, 3.05) is 24.9 Å². The van der Waals surface area contributed by atoms with Crippen LogP contribution in [-0.4, -0.2) is 41.8 Å². The lowest BCUT2D eigenvalue weighted by molar-refractivity contribution is -0.128. The van der Waals surface area contributed by atoms with Gasteiger partial charge in [0.05, 0.1) is 5.75 Å². The van der Waals surface area contributed by atoms with Gasteiger partial charge in [-0.25, -0.2) is 0 Å². The molecule has 0 aliphatic rings. The van der Waals surface area contributed by atoms with Gasteiger partial charge in [-0.2, -0.15) is 11.8 Å². The van der Waals surface area contributed by atoms with Crippen LogP contribution in [0.1, 0.15) is 6.92 Å². The third-order valence-electron chi connectivity index (χ3n) is 1.55. The first kappa shape index (κ1) is 11.1. The second-order valence-corrected chi connectivity index (χ2v) is 3.62. The van der Waals surface area contributed by atoms with Gasteiger partial charge in [0, 0.05) is 19.0 Å². The number of thioether (sulfide) groups is 1. The monoisotopic (exact) mass is 195 g/mol. The first-order valence-electron chi connectivity index (χ1n) is 3.44. The third-order valence-corrected chi connectivity index (χ3v) is 2.53. The summed E-state index contributed by atoms with van der Waals surface area (Å²) in [6.07, 6.45) is 1.91. The quantitative estimate of drug-likeness (QED) is 0.633. The molecule has 0 radical (unpaired) electrons. The Kier molecular flexibility index (Phi) is 5.78. The van der Waals surface area contributed by atoms with E-state index in [0.717, 1.165) is 0 Å². The van der Waals surface area contributed by atoms with Crippen molar-refractivity contribution in [2.24, 2.45) is 0 Å². The number of amides is 1. The number of carbonyl (C=O) groups excluding carboxylic acids is 1. The van der Waals surface area contributed by atoms with Gasteiger partial charge in [0.25, 0.3) is 0 Å². The number of rotatable bonds is 4. The van der Waals surface area contributed by atoms with E-state index in [0.29, 0.717) is 11.6 Å². The van der Waals surface area contributed by atoms with Crippen molar-refractivity contribution in [3.05, 3.63) is 0 Å². The fourth-order valence-electron chi connectivity index (χ4n) is 0.575. The molecule has 4 heteroatoms. The highest BCUT2D eigenvalue weighted by atomic mass is 35.5. The number of halogens is 1. The minimum absolute atomic E-state index is 0.135. The SMILES string of the molecule is CSCC(=O)N(C)C(C)CCl. The summed E-state index contributed by atoms with van der Waals surface area (Å²) in [5.41, 5.74) is 0. The van der Waals surface area contributed by atoms with Gasteiger partial charge in [-0.05, 0) is 13.2 Å². The molecule has 1 amide bonds. The van der Waals surface area contributed by atoms with E-state index in [1.165, 1.54) is 11.8 Å². The van der Waals surface area contributed by atoms with Gasteiger partial charge in [-0.1, -0.05) is 0 Å². The molecule has 1 unspecified atom stereocenters. The first-order valence-corrected chi connectivity index (χ1v) is 5.36. The number of hydrogen-bond acceptors (Lipinski definition) is 2. The molecule has 0 saturated carbocycles. The van der Waals surface area contributed by atoms with Crippen LogP contribution in [0.25, 0.3) is 0 Å². The maximum absolute atomic E-state index is 11.2. The molecule has 0 rings (SSSR count). The van der Waals surface area contributed by atoms with Crippen LogP contribution >= 0.6 is 23.4 Å². The molecule has 0 fully saturated rings. The highest BCUT2D eigenvalue weighted by molar-refractivity contribution is 7.99. The minimum Gasteiger partial charge on any atom is -0.341 e. The number of hydrogen-bond donors (Lipinski definition) is 0. The standard InChI is InChI=1S/C7H14ClNOS/c1-6(4-8)9(2)7(10)5-11-3/h6H,4-5H2,1-3H3. The van der Waals surface area contributed by atoms with E-state index in [-0.39, 0.29) is 11.9 Å². The Labute approximate surface area is 77.3 Å². The average molecular weight is 196 g/mol. The Morgan fingerprint density at radius 2 is 2.27 bits per heavy atom. The van der Waals surface area contributed by atoms with Crippen LogP contribution in [0.4, 0.5) is 0 Å². The lowest BCUT2D eigenvalue weighted by atomic mass is 10.3. The molecule has 0 aromatic heterocycles. The zero-order valence-corrected chi connectivity index (χ0v) is 8.71. The van der Waals surface area contributed by atoms with Gasteiger partial charge in [0.2, 0.25) is 5.91 Å². The lowest BCUT2D eigenvalue weighted by Gasteiger charge is -2.22. The zero-order chi connectivity index (χ0) is 8.85. The summed E-state index contributed by atoms with van der Waals surface area (Å²) in [5.74, 6) is 1.18. The van der Waals surface area contributed by atoms with Gasteiger partial charge >= 0.3 is 0 Å². The van der Waals surface area contributed by atoms with Crippen molar-refractivity contribution in [3.63, 3.8) is 0 Å². The van der Waals surface area contributed by atoms with Gasteiger partial charge < -0.3 is 4.90 Å². The van der Waals surface area contributed by atoms with Crippen molar-refractivity contribution >= 4 is 29.3 Å². The Morgan fingerprint density at radius 3 is 2.64 bits per heavy atom. The van der Waals surface area contributed by atoms with E-state index in [4.69, 9.17) is 11.6 Å². The van der Waals surface area contributed by atoms with E-state index in [1.54, 1.807) is 11.9 Å². The minimum atomic E-state index is 0.135. The van der Waals surface area contributed by atoms with Crippen LogP contribution in [0.5, 0.6) is 0 Å². The molecule has 0 N–H and O–H groups in total. The molecule has 0 heterocycles. The van der Waals surface area contributed by atoms with Crippen molar-refractivity contribution < 1.29 is 4.79 Å². The summed E-state index contributed by atoms with van der Waals surface area (Å²) >= 11 is 7.12. The van der Waals surface area contributed by atoms with Crippen LogP contribution in [0.15, 0.2) is 0 Å². The number of nitrogens with zero attached hydrogens (tertiary/aromatic N) is 1. The molecule has 0 saturated heterocycles. The summed E-state index contributed by atoms with van der Waals surface area (Å²) in [7, 11) is 1.78. The van der Waals surface area contributed by atoms with Crippen molar-refractivity contribution in [1.82, 2.24) is 4.90 Å². The van der Waals surface area contributed by atoms with Crippen molar-refractivity contribution in [2.45, 2.75) is 13.0 Å². The number of carbonyl (C=O) groups is 1. The Morgan fingerprint density at radius 1 is 1.73 bits per heavy atom. The summed E-state index contributed by atoms with van der Waals surface area (Å²) in [6.45, 7) is 1.94. The molecule has 66 valence electrons. The maximum atomic E-state index is 11.2. The molecule has 0 aliphatic carbocycles. The van der Waals surface area contributed by atoms with Gasteiger partial charge in [-0.15, -0.1) is 11.6 Å². The molecule has 0 aromatic carbocycles. The molecule has 2 nitrogen and oxygen atoms in total. The molecule has 1 atom stereocenters. The summed E-state index contributed by atoms with van der Waals surface area (Å²) in [5, 5.41) is 0. The summed E-state index contributed by atoms with van der Waals surface area (Å²) < 4.78 is 0. The molecule has 0 bridgehead atoms. The largest absolute Gasteiger partial charge is 0.341 e. The normalized spacial score (nSPS) is 12.7. The van der Waals surface area contributed by atoms with E-state index < -0.39 is 0 Å². The highest BCUT2D eigenvalue weighted by Crippen LogP contribution is 2.02. The summed E-state index contributed by atoms with van der Waals surface area (Å²) in [6, 6.07) is 0.135. The zero-order valence-electron chi connectivity index (χ0n) is 7.13. The van der Waals surface area contributed by atoms with Crippen LogP contribution in [0.2, 0.25) is 0 Å². The van der Waals surface area contributed by atoms with Gasteiger partial charge in [0.15, 0.2) is 0 Å². The van der Waals surface area contributed by atoms with Gasteiger partial charge in [-0.3, -0.25) is 4.79 Å². The van der Waals surface area contributed by atoms with Crippen molar-refractivity contribution in [3.8, 4) is 0 Å². The van der Waals surface area contributed by atoms with E-state index in [9.17, 15) is 4.79 Å². The lowest BCUT2D eigenvalue weighted by Crippen LogP contribution is -2.37. The summed E-state index contributed by atoms with van der Waals surface area (Å²) in [4.78, 5) is 12.9. The second-order valence-electron chi connectivity index (χ2n) is 2.44. The first-order chi connectivity index (χ1) is 5.13. The van der Waals surface area contributed by atoms with Crippen molar-refractivity contribution in [1.29, 1.82) is 0 Å². The van der Waals surface area contributed by atoms with Crippen LogP contribution in [-0.2, 0) is 4.79 Å². The second kappa shape index (κ2) is 5.72. The molecular formula is C7H14ClNOS. The van der Waals surface area contributed by atoms with E-state index in [2.05, 4.69) is 0 Å². The molecular weight excluding hydrogens is 182 g/mol. The smallest absolute Gasteiger partial charge is 0.232 e. The van der Waals surface area contributed by atoms with Crippen LogP contribution in [0.3, 0.4) is 0 Å². The fourth-order valence-corrected chi connectivity index (χ4v) is 1.23. The predicted octanol–water partition coefficient (Wildman–Crippen LogP) is 1.44. The highest BCUT2D eigenvalue weighted by Gasteiger charge is 2.13. The predicted molar refractivity (Wildman–Crippen MR) is 51.3 cm³/mol. The average Bonchev–Trinajstić information content (AvgIpc) is 2.02. The fraction of sp³-hybridized carbons (Fsp3) is 0.857. The maximum Gasteiger partial charge on any atom is 0.232 e.